The summed E-state index contributed by atoms with van der Waals surface area (Å²) in [6.45, 7) is 10.1. The summed E-state index contributed by atoms with van der Waals surface area (Å²) in [5, 5.41) is 3.43. The van der Waals surface area contributed by atoms with Crippen molar-refractivity contribution in [1.82, 2.24) is 9.97 Å². The summed E-state index contributed by atoms with van der Waals surface area (Å²) in [7, 11) is 0. The van der Waals surface area contributed by atoms with Crippen LogP contribution in [0.3, 0.4) is 0 Å². The number of aryl methyl sites for hydroxylation is 3. The van der Waals surface area contributed by atoms with Crippen LogP contribution in [0.15, 0.2) is 10.5 Å². The van der Waals surface area contributed by atoms with Gasteiger partial charge < -0.3 is 15.5 Å². The Morgan fingerprint density at radius 3 is 2.57 bits per heavy atom. The summed E-state index contributed by atoms with van der Waals surface area (Å²) in [5.74, 6) is 3.98. The summed E-state index contributed by atoms with van der Waals surface area (Å²) >= 11 is 0. The highest BCUT2D eigenvalue weighted by molar-refractivity contribution is 5.55. The monoisotopic (exact) mass is 288 g/mol. The van der Waals surface area contributed by atoms with E-state index in [1.807, 2.05) is 20.8 Å². The van der Waals surface area contributed by atoms with Gasteiger partial charge in [-0.15, -0.1) is 0 Å². The van der Waals surface area contributed by atoms with Crippen molar-refractivity contribution in [3.63, 3.8) is 0 Å². The molecule has 0 aliphatic rings. The van der Waals surface area contributed by atoms with Gasteiger partial charge in [-0.3, -0.25) is 0 Å². The Kier molecular flexibility index (Phi) is 4.50. The van der Waals surface area contributed by atoms with Crippen LogP contribution in [0.5, 0.6) is 0 Å². The van der Waals surface area contributed by atoms with Crippen LogP contribution >= 0.6 is 0 Å². The topological polar surface area (TPSA) is 77.0 Å². The fourth-order valence-corrected chi connectivity index (χ4v) is 2.42. The number of nitrogen functional groups attached to an aromatic ring is 1. The molecule has 0 aliphatic carbocycles. The van der Waals surface area contributed by atoms with E-state index in [1.165, 1.54) is 0 Å². The first-order valence-electron chi connectivity index (χ1n) is 7.38. The molecule has 2 aromatic rings. The lowest BCUT2D eigenvalue weighted by Crippen LogP contribution is -2.13. The van der Waals surface area contributed by atoms with Crippen molar-refractivity contribution in [1.29, 1.82) is 0 Å². The number of nitrogens with one attached hydrogen (secondary N) is 1. The molecule has 2 heterocycles. The van der Waals surface area contributed by atoms with Crippen LogP contribution in [0.1, 0.15) is 54.8 Å². The molecule has 1 unspecified atom stereocenters. The number of nitrogens with zero attached hydrogens (tertiary/aromatic N) is 2. The number of nitrogens with two attached hydrogens (primary N) is 1. The van der Waals surface area contributed by atoms with Crippen LogP contribution in [0, 0.1) is 20.8 Å². The first-order valence-corrected chi connectivity index (χ1v) is 7.38. The highest BCUT2D eigenvalue weighted by atomic mass is 16.3. The minimum atomic E-state index is 0.102. The van der Waals surface area contributed by atoms with Crippen molar-refractivity contribution in [3.8, 4) is 0 Å². The van der Waals surface area contributed by atoms with Crippen LogP contribution < -0.4 is 11.1 Å². The molecule has 0 saturated heterocycles. The maximum Gasteiger partial charge on any atom is 0.135 e. The van der Waals surface area contributed by atoms with Gasteiger partial charge >= 0.3 is 0 Å². The van der Waals surface area contributed by atoms with Crippen LogP contribution in [-0.2, 0) is 6.42 Å². The van der Waals surface area contributed by atoms with Crippen molar-refractivity contribution in [3.05, 3.63) is 34.5 Å². The Hall–Kier alpha value is -2.04. The predicted molar refractivity (Wildman–Crippen MR) is 85.4 cm³/mol. The third-order valence-electron chi connectivity index (χ3n) is 3.60. The predicted octanol–water partition coefficient (Wildman–Crippen LogP) is 3.70. The van der Waals surface area contributed by atoms with E-state index >= 15 is 0 Å². The summed E-state index contributed by atoms with van der Waals surface area (Å²) in [6.07, 6.45) is 1.83. The highest BCUT2D eigenvalue weighted by Crippen LogP contribution is 2.27. The highest BCUT2D eigenvalue weighted by Gasteiger charge is 2.16. The van der Waals surface area contributed by atoms with E-state index in [4.69, 9.17) is 10.2 Å². The van der Waals surface area contributed by atoms with Crippen LogP contribution in [0.2, 0.25) is 0 Å². The number of anilines is 2. The van der Waals surface area contributed by atoms with Gasteiger partial charge in [-0.2, -0.15) is 0 Å². The van der Waals surface area contributed by atoms with Gasteiger partial charge in [0.15, 0.2) is 0 Å². The van der Waals surface area contributed by atoms with Crippen LogP contribution in [0.25, 0.3) is 0 Å². The maximum atomic E-state index is 5.99. The number of hydrogen-bond acceptors (Lipinski definition) is 5. The van der Waals surface area contributed by atoms with Crippen molar-refractivity contribution >= 4 is 11.6 Å². The second kappa shape index (κ2) is 6.16. The Bertz CT molecular complexity index is 633. The molecule has 0 aliphatic heterocycles. The van der Waals surface area contributed by atoms with Gasteiger partial charge in [0, 0.05) is 17.5 Å². The average molecular weight is 288 g/mol. The fraction of sp³-hybridized carbons (Fsp3) is 0.500. The molecule has 0 amide bonds. The molecule has 0 saturated carbocycles. The third-order valence-corrected chi connectivity index (χ3v) is 3.60. The Balaban J connectivity index is 2.28. The molecule has 5 nitrogen and oxygen atoms in total. The lowest BCUT2D eigenvalue weighted by atomic mass is 10.1. The average Bonchev–Trinajstić information content (AvgIpc) is 2.75. The summed E-state index contributed by atoms with van der Waals surface area (Å²) < 4.78 is 5.59. The molecule has 0 aromatic carbocycles. The molecule has 114 valence electrons. The molecule has 0 fully saturated rings. The third kappa shape index (κ3) is 3.35. The van der Waals surface area contributed by atoms with Crippen molar-refractivity contribution in [2.75, 3.05) is 11.1 Å². The van der Waals surface area contributed by atoms with Crippen molar-refractivity contribution in [2.24, 2.45) is 0 Å². The molecule has 1 atom stereocenters. The smallest absolute Gasteiger partial charge is 0.135 e. The second-order valence-corrected chi connectivity index (χ2v) is 5.48. The first-order chi connectivity index (χ1) is 9.92. The molecule has 0 radical (unpaired) electrons. The first kappa shape index (κ1) is 15.4. The van der Waals surface area contributed by atoms with Gasteiger partial charge in [-0.25, -0.2) is 9.97 Å². The zero-order chi connectivity index (χ0) is 15.6. The van der Waals surface area contributed by atoms with E-state index in [-0.39, 0.29) is 6.04 Å². The summed E-state index contributed by atoms with van der Waals surface area (Å²) in [5.41, 5.74) is 8.02. The quantitative estimate of drug-likeness (QED) is 0.877. The SMILES string of the molecule is CCCc1nc(N)c(C)c(NC(C)c2cc(C)oc2C)n1. The lowest BCUT2D eigenvalue weighted by molar-refractivity contribution is 0.499. The molecule has 2 rings (SSSR count). The Morgan fingerprint density at radius 1 is 1.29 bits per heavy atom. The Morgan fingerprint density at radius 2 is 2.00 bits per heavy atom. The van der Waals surface area contributed by atoms with E-state index < -0.39 is 0 Å². The van der Waals surface area contributed by atoms with Crippen molar-refractivity contribution < 1.29 is 4.42 Å². The normalized spacial score (nSPS) is 12.4. The molecule has 3 N–H and O–H groups in total. The molecular weight excluding hydrogens is 264 g/mol. The maximum absolute atomic E-state index is 5.99. The van der Waals surface area contributed by atoms with E-state index in [1.54, 1.807) is 0 Å². The van der Waals surface area contributed by atoms with E-state index in [0.29, 0.717) is 5.82 Å². The van der Waals surface area contributed by atoms with Gasteiger partial charge in [0.1, 0.15) is 29.0 Å². The van der Waals surface area contributed by atoms with Crippen LogP contribution in [-0.4, -0.2) is 9.97 Å². The number of furan rings is 1. The minimum absolute atomic E-state index is 0.102. The molecular formula is C16H24N4O. The van der Waals surface area contributed by atoms with Crippen molar-refractivity contribution in [2.45, 2.75) is 53.5 Å². The second-order valence-electron chi connectivity index (χ2n) is 5.48. The minimum Gasteiger partial charge on any atom is -0.466 e. The standard InChI is InChI=1S/C16H24N4O/c1-6-7-14-19-15(17)10(3)16(20-14)18-11(4)13-8-9(2)21-12(13)5/h8,11H,6-7H2,1-5H3,(H3,17,18,19,20). The summed E-state index contributed by atoms with van der Waals surface area (Å²) in [4.78, 5) is 8.92. The Labute approximate surface area is 126 Å². The zero-order valence-corrected chi connectivity index (χ0v) is 13.4. The van der Waals surface area contributed by atoms with Gasteiger partial charge in [-0.05, 0) is 40.2 Å². The van der Waals surface area contributed by atoms with Gasteiger partial charge in [-0.1, -0.05) is 6.92 Å². The molecule has 21 heavy (non-hydrogen) atoms. The molecule has 5 heteroatoms. The van der Waals surface area contributed by atoms with Crippen LogP contribution in [0.4, 0.5) is 11.6 Å². The molecule has 0 bridgehead atoms. The lowest BCUT2D eigenvalue weighted by Gasteiger charge is -2.17. The van der Waals surface area contributed by atoms with Gasteiger partial charge in [0.2, 0.25) is 0 Å². The molecule has 0 spiro atoms. The number of rotatable bonds is 5. The molecule has 2 aromatic heterocycles. The zero-order valence-electron chi connectivity index (χ0n) is 13.4. The fourth-order valence-electron chi connectivity index (χ4n) is 2.42. The van der Waals surface area contributed by atoms with Gasteiger partial charge in [0.05, 0.1) is 6.04 Å². The largest absolute Gasteiger partial charge is 0.466 e. The van der Waals surface area contributed by atoms with E-state index in [2.05, 4.69) is 35.2 Å². The van der Waals surface area contributed by atoms with E-state index in [9.17, 15) is 0 Å². The summed E-state index contributed by atoms with van der Waals surface area (Å²) in [6, 6.07) is 2.16. The van der Waals surface area contributed by atoms with Gasteiger partial charge in [0.25, 0.3) is 0 Å². The number of aromatic nitrogens is 2. The van der Waals surface area contributed by atoms with E-state index in [0.717, 1.165) is 47.1 Å². The number of hydrogen-bond donors (Lipinski definition) is 2.